The van der Waals surface area contributed by atoms with Gasteiger partial charge >= 0.3 is 0 Å². The number of nitrogens with one attached hydrogen (secondary N) is 2. The summed E-state index contributed by atoms with van der Waals surface area (Å²) < 4.78 is 5.56. The molecule has 26 heavy (non-hydrogen) atoms. The van der Waals surface area contributed by atoms with Crippen LogP contribution in [0.2, 0.25) is 0 Å². The largest absolute Gasteiger partial charge is 0.444 e. The van der Waals surface area contributed by atoms with Gasteiger partial charge in [-0.3, -0.25) is 4.99 Å². The summed E-state index contributed by atoms with van der Waals surface area (Å²) in [7, 11) is 1.76. The smallest absolute Gasteiger partial charge is 0.226 e. The van der Waals surface area contributed by atoms with E-state index in [-0.39, 0.29) is 0 Å². The van der Waals surface area contributed by atoms with Gasteiger partial charge in [0.1, 0.15) is 6.26 Å². The fourth-order valence-corrected chi connectivity index (χ4v) is 2.75. The number of benzene rings is 2. The molecule has 134 valence electrons. The molecule has 2 aromatic carbocycles. The maximum Gasteiger partial charge on any atom is 0.226 e. The Morgan fingerprint density at radius 2 is 1.65 bits per heavy atom. The summed E-state index contributed by atoms with van der Waals surface area (Å²) in [5.41, 5.74) is 4.43. The molecule has 3 aromatic rings. The molecule has 2 N–H and O–H groups in total. The van der Waals surface area contributed by atoms with Gasteiger partial charge in [0.2, 0.25) is 5.89 Å². The van der Waals surface area contributed by atoms with E-state index in [0.717, 1.165) is 30.2 Å². The fraction of sp³-hybridized carbons (Fsp3) is 0.238. The number of hydrogen-bond acceptors (Lipinski definition) is 3. The highest BCUT2D eigenvalue weighted by Gasteiger charge is 2.07. The van der Waals surface area contributed by atoms with Gasteiger partial charge in [0, 0.05) is 19.2 Å². The summed E-state index contributed by atoms with van der Waals surface area (Å²) in [6.07, 6.45) is 2.69. The van der Waals surface area contributed by atoms with E-state index in [2.05, 4.69) is 51.8 Å². The molecule has 1 heterocycles. The van der Waals surface area contributed by atoms with Gasteiger partial charge < -0.3 is 15.1 Å². The first-order valence-electron chi connectivity index (χ1n) is 8.81. The number of guanidine groups is 1. The van der Waals surface area contributed by atoms with Gasteiger partial charge in [-0.25, -0.2) is 4.98 Å². The number of aromatic nitrogens is 1. The first-order valence-corrected chi connectivity index (χ1v) is 8.81. The number of oxazole rings is 1. The summed E-state index contributed by atoms with van der Waals surface area (Å²) in [6, 6.07) is 18.3. The van der Waals surface area contributed by atoms with Crippen LogP contribution < -0.4 is 10.6 Å². The molecule has 0 bridgehead atoms. The molecule has 3 rings (SSSR count). The Labute approximate surface area is 154 Å². The molecule has 0 radical (unpaired) electrons. The van der Waals surface area contributed by atoms with Crippen LogP contribution in [0.3, 0.4) is 0 Å². The van der Waals surface area contributed by atoms with E-state index in [4.69, 9.17) is 4.42 Å². The Balaban J connectivity index is 1.55. The number of aliphatic imine (C=N–C) groups is 1. The van der Waals surface area contributed by atoms with Crippen molar-refractivity contribution in [1.82, 2.24) is 15.6 Å². The average molecular weight is 348 g/mol. The van der Waals surface area contributed by atoms with Crippen LogP contribution >= 0.6 is 0 Å². The third-order valence-corrected chi connectivity index (χ3v) is 4.18. The lowest BCUT2D eigenvalue weighted by atomic mass is 10.1. The Kier molecular flexibility index (Phi) is 6.04. The minimum absolute atomic E-state index is 0.547. The molecule has 0 aliphatic carbocycles. The third kappa shape index (κ3) is 4.51. The molecule has 0 unspecified atom stereocenters. The topological polar surface area (TPSA) is 62.5 Å². The van der Waals surface area contributed by atoms with Crippen LogP contribution in [0.4, 0.5) is 0 Å². The predicted octanol–water partition coefficient (Wildman–Crippen LogP) is 3.77. The summed E-state index contributed by atoms with van der Waals surface area (Å²) >= 11 is 0. The van der Waals surface area contributed by atoms with E-state index in [0.29, 0.717) is 12.4 Å². The Bertz CT molecular complexity index is 855. The Morgan fingerprint density at radius 3 is 2.38 bits per heavy atom. The zero-order chi connectivity index (χ0) is 18.2. The highest BCUT2D eigenvalue weighted by Crippen LogP contribution is 2.17. The van der Waals surface area contributed by atoms with Gasteiger partial charge in [0.25, 0.3) is 0 Å². The molecule has 0 amide bonds. The number of rotatable bonds is 6. The van der Waals surface area contributed by atoms with E-state index >= 15 is 0 Å². The standard InChI is InChI=1S/C21H24N4O/c1-3-16-9-7-8-12-18(16)13-23-21(22-2)24-14-19-15-26-20(25-19)17-10-5-4-6-11-17/h4-12,15H,3,13-14H2,1-2H3,(H2,22,23,24). The van der Waals surface area contributed by atoms with Crippen molar-refractivity contribution in [3.05, 3.63) is 77.7 Å². The highest BCUT2D eigenvalue weighted by molar-refractivity contribution is 5.79. The number of nitrogens with zero attached hydrogens (tertiary/aromatic N) is 2. The summed E-state index contributed by atoms with van der Waals surface area (Å²) in [6.45, 7) is 3.45. The lowest BCUT2D eigenvalue weighted by molar-refractivity contribution is 0.572. The van der Waals surface area contributed by atoms with Crippen molar-refractivity contribution >= 4 is 5.96 Å². The third-order valence-electron chi connectivity index (χ3n) is 4.18. The molecule has 0 fully saturated rings. The molecule has 0 saturated heterocycles. The van der Waals surface area contributed by atoms with Crippen molar-refractivity contribution in [2.75, 3.05) is 7.05 Å². The van der Waals surface area contributed by atoms with Gasteiger partial charge in [-0.05, 0) is 29.7 Å². The van der Waals surface area contributed by atoms with Crippen molar-refractivity contribution in [3.63, 3.8) is 0 Å². The minimum Gasteiger partial charge on any atom is -0.444 e. The first-order chi connectivity index (χ1) is 12.8. The lowest BCUT2D eigenvalue weighted by Crippen LogP contribution is -2.36. The monoisotopic (exact) mass is 348 g/mol. The van der Waals surface area contributed by atoms with E-state index in [1.807, 2.05) is 30.3 Å². The van der Waals surface area contributed by atoms with Gasteiger partial charge in [0.15, 0.2) is 5.96 Å². The SMILES string of the molecule is CCc1ccccc1CNC(=NC)NCc1coc(-c2ccccc2)n1. The van der Waals surface area contributed by atoms with Crippen LogP contribution in [-0.4, -0.2) is 18.0 Å². The van der Waals surface area contributed by atoms with Gasteiger partial charge in [0.05, 0.1) is 12.2 Å². The van der Waals surface area contributed by atoms with Gasteiger partial charge in [-0.2, -0.15) is 0 Å². The molecular formula is C21H24N4O. The van der Waals surface area contributed by atoms with E-state index in [1.165, 1.54) is 11.1 Å². The molecule has 0 atom stereocenters. The number of hydrogen-bond donors (Lipinski definition) is 2. The maximum atomic E-state index is 5.56. The predicted molar refractivity (Wildman–Crippen MR) is 105 cm³/mol. The number of aryl methyl sites for hydroxylation is 1. The quantitative estimate of drug-likeness (QED) is 0.526. The summed E-state index contributed by atoms with van der Waals surface area (Å²) in [5.74, 6) is 1.36. The molecule has 0 saturated carbocycles. The zero-order valence-electron chi connectivity index (χ0n) is 15.2. The fourth-order valence-electron chi connectivity index (χ4n) is 2.75. The Hall–Kier alpha value is -3.08. The second-order valence-electron chi connectivity index (χ2n) is 5.91. The normalized spacial score (nSPS) is 11.4. The van der Waals surface area contributed by atoms with Gasteiger partial charge in [-0.15, -0.1) is 0 Å². The second-order valence-corrected chi connectivity index (χ2v) is 5.91. The summed E-state index contributed by atoms with van der Waals surface area (Å²) in [5, 5.41) is 6.62. The molecule has 1 aromatic heterocycles. The van der Waals surface area contributed by atoms with E-state index < -0.39 is 0 Å². The summed E-state index contributed by atoms with van der Waals surface area (Å²) in [4.78, 5) is 8.80. The molecular weight excluding hydrogens is 324 g/mol. The van der Waals surface area contributed by atoms with Crippen molar-refractivity contribution in [1.29, 1.82) is 0 Å². The highest BCUT2D eigenvalue weighted by atomic mass is 16.3. The molecule has 0 aliphatic rings. The van der Waals surface area contributed by atoms with Crippen LogP contribution in [0.15, 0.2) is 70.3 Å². The molecule has 5 nitrogen and oxygen atoms in total. The van der Waals surface area contributed by atoms with Crippen LogP contribution in [0.5, 0.6) is 0 Å². The molecule has 0 spiro atoms. The van der Waals surface area contributed by atoms with Crippen molar-refractivity contribution < 1.29 is 4.42 Å². The van der Waals surface area contributed by atoms with E-state index in [9.17, 15) is 0 Å². The molecule has 5 heteroatoms. The van der Waals surface area contributed by atoms with Gasteiger partial charge in [-0.1, -0.05) is 49.4 Å². The molecule has 0 aliphatic heterocycles. The zero-order valence-corrected chi connectivity index (χ0v) is 15.2. The average Bonchev–Trinajstić information content (AvgIpc) is 3.18. The van der Waals surface area contributed by atoms with E-state index in [1.54, 1.807) is 13.3 Å². The van der Waals surface area contributed by atoms with Crippen LogP contribution in [-0.2, 0) is 19.5 Å². The van der Waals surface area contributed by atoms with Crippen molar-refractivity contribution in [2.45, 2.75) is 26.4 Å². The van der Waals surface area contributed by atoms with Crippen molar-refractivity contribution in [2.24, 2.45) is 4.99 Å². The van der Waals surface area contributed by atoms with Crippen LogP contribution in [0, 0.1) is 0 Å². The first kappa shape index (κ1) is 17.7. The van der Waals surface area contributed by atoms with Crippen LogP contribution in [0.25, 0.3) is 11.5 Å². The second kappa shape index (κ2) is 8.85. The minimum atomic E-state index is 0.547. The van der Waals surface area contributed by atoms with Crippen LogP contribution in [0.1, 0.15) is 23.7 Å². The van der Waals surface area contributed by atoms with Crippen molar-refractivity contribution in [3.8, 4) is 11.5 Å². The lowest BCUT2D eigenvalue weighted by Gasteiger charge is -2.13. The maximum absolute atomic E-state index is 5.56. The Morgan fingerprint density at radius 1 is 0.962 bits per heavy atom.